The van der Waals surface area contributed by atoms with E-state index in [1.54, 1.807) is 23.2 Å². The Kier molecular flexibility index (Phi) is 6.36. The topological polar surface area (TPSA) is 46.9 Å². The van der Waals surface area contributed by atoms with Crippen LogP contribution in [-0.4, -0.2) is 43.7 Å². The summed E-state index contributed by atoms with van der Waals surface area (Å²) in [6.07, 6.45) is 0. The molecule has 0 aliphatic carbocycles. The van der Waals surface area contributed by atoms with Crippen molar-refractivity contribution in [2.75, 3.05) is 37.7 Å². The number of hydrogen-bond donors (Lipinski definition) is 1. The van der Waals surface area contributed by atoms with Gasteiger partial charge < -0.3 is 9.64 Å². The number of benzene rings is 1. The molecule has 0 aliphatic rings. The molecule has 2 rings (SSSR count). The van der Waals surface area contributed by atoms with Crippen molar-refractivity contribution >= 4 is 32.6 Å². The van der Waals surface area contributed by atoms with Crippen LogP contribution in [0.4, 0.5) is 5.13 Å². The van der Waals surface area contributed by atoms with E-state index in [0.717, 1.165) is 40.7 Å². The third kappa shape index (κ3) is 4.42. The average Bonchev–Trinajstić information content (AvgIpc) is 2.94. The molecule has 1 N–H and O–H groups in total. The monoisotopic (exact) mass is 336 g/mol. The van der Waals surface area contributed by atoms with E-state index in [-0.39, 0.29) is 5.91 Å². The molecular weight excluding hydrogens is 310 g/mol. The van der Waals surface area contributed by atoms with Gasteiger partial charge in [0, 0.05) is 6.92 Å². The first kappa shape index (κ1) is 17.7. The average molecular weight is 336 g/mol. The van der Waals surface area contributed by atoms with Crippen molar-refractivity contribution < 1.29 is 14.4 Å². The fourth-order valence-corrected chi connectivity index (χ4v) is 3.59. The van der Waals surface area contributed by atoms with Crippen LogP contribution in [0.25, 0.3) is 10.2 Å². The van der Waals surface area contributed by atoms with Crippen LogP contribution in [0.1, 0.15) is 27.7 Å². The van der Waals surface area contributed by atoms with E-state index in [1.807, 2.05) is 25.1 Å². The molecule has 5 nitrogen and oxygen atoms in total. The van der Waals surface area contributed by atoms with E-state index in [2.05, 4.69) is 18.8 Å². The zero-order chi connectivity index (χ0) is 16.8. The van der Waals surface area contributed by atoms with E-state index >= 15 is 0 Å². The molecule has 0 saturated carbocycles. The molecule has 1 aromatic heterocycles. The summed E-state index contributed by atoms with van der Waals surface area (Å²) < 4.78 is 6.58. The van der Waals surface area contributed by atoms with E-state index in [1.165, 1.54) is 4.90 Å². The molecular formula is C17H26N3O2S+. The van der Waals surface area contributed by atoms with Gasteiger partial charge >= 0.3 is 0 Å². The molecule has 0 atom stereocenters. The Labute approximate surface area is 141 Å². The van der Waals surface area contributed by atoms with Gasteiger partial charge in [0.25, 0.3) is 0 Å². The lowest BCUT2D eigenvalue weighted by Gasteiger charge is -2.21. The Balaban J connectivity index is 2.21. The lowest BCUT2D eigenvalue weighted by atomic mass is 10.3. The van der Waals surface area contributed by atoms with Crippen molar-refractivity contribution in [2.24, 2.45) is 0 Å². The molecule has 1 aromatic carbocycles. The first-order chi connectivity index (χ1) is 11.1. The summed E-state index contributed by atoms with van der Waals surface area (Å²) in [5.74, 6) is 0.887. The van der Waals surface area contributed by atoms with Gasteiger partial charge in [-0.15, -0.1) is 0 Å². The van der Waals surface area contributed by atoms with Gasteiger partial charge in [0.2, 0.25) is 5.91 Å². The van der Waals surface area contributed by atoms with Crippen molar-refractivity contribution in [3.63, 3.8) is 0 Å². The number of ether oxygens (including phenoxy) is 1. The summed E-state index contributed by atoms with van der Waals surface area (Å²) >= 11 is 1.55. The third-order valence-electron chi connectivity index (χ3n) is 3.96. The van der Waals surface area contributed by atoms with Gasteiger partial charge in [-0.1, -0.05) is 11.3 Å². The highest BCUT2D eigenvalue weighted by molar-refractivity contribution is 7.22. The van der Waals surface area contributed by atoms with Crippen molar-refractivity contribution in [3.8, 4) is 5.75 Å². The molecule has 2 aromatic rings. The van der Waals surface area contributed by atoms with Gasteiger partial charge in [-0.3, -0.25) is 9.69 Å². The van der Waals surface area contributed by atoms with Crippen LogP contribution in [0.3, 0.4) is 0 Å². The second-order valence-corrected chi connectivity index (χ2v) is 6.45. The minimum absolute atomic E-state index is 0.0423. The molecule has 0 bridgehead atoms. The molecule has 1 heterocycles. The molecule has 0 unspecified atom stereocenters. The maximum Gasteiger partial charge on any atom is 0.225 e. The SMILES string of the molecule is CCOc1ccc2nc(N(CC[NH+](CC)CC)C(C)=O)sc2c1. The van der Waals surface area contributed by atoms with Crippen LogP contribution in [0, 0.1) is 0 Å². The summed E-state index contributed by atoms with van der Waals surface area (Å²) in [7, 11) is 0. The minimum atomic E-state index is 0.0423. The zero-order valence-corrected chi connectivity index (χ0v) is 15.2. The number of amides is 1. The van der Waals surface area contributed by atoms with Gasteiger partial charge in [-0.2, -0.15) is 0 Å². The summed E-state index contributed by atoms with van der Waals surface area (Å²) in [5.41, 5.74) is 0.912. The molecule has 0 fully saturated rings. The number of thiazole rings is 1. The van der Waals surface area contributed by atoms with E-state index in [4.69, 9.17) is 4.74 Å². The molecule has 0 radical (unpaired) electrons. The van der Waals surface area contributed by atoms with Crippen molar-refractivity contribution in [1.29, 1.82) is 0 Å². The largest absolute Gasteiger partial charge is 0.494 e. The van der Waals surface area contributed by atoms with Crippen LogP contribution >= 0.6 is 11.3 Å². The zero-order valence-electron chi connectivity index (χ0n) is 14.4. The van der Waals surface area contributed by atoms with Crippen LogP contribution in [0.2, 0.25) is 0 Å². The maximum atomic E-state index is 12.0. The predicted octanol–water partition coefficient (Wildman–Crippen LogP) is 1.97. The van der Waals surface area contributed by atoms with Gasteiger partial charge in [0.15, 0.2) is 5.13 Å². The molecule has 126 valence electrons. The van der Waals surface area contributed by atoms with Crippen LogP contribution in [-0.2, 0) is 4.79 Å². The van der Waals surface area contributed by atoms with E-state index < -0.39 is 0 Å². The number of nitrogens with one attached hydrogen (secondary N) is 1. The lowest BCUT2D eigenvalue weighted by molar-refractivity contribution is -0.894. The predicted molar refractivity (Wildman–Crippen MR) is 95.7 cm³/mol. The highest BCUT2D eigenvalue weighted by Crippen LogP contribution is 2.31. The van der Waals surface area contributed by atoms with Gasteiger partial charge in [0.05, 0.1) is 43.0 Å². The molecule has 0 aliphatic heterocycles. The van der Waals surface area contributed by atoms with Gasteiger partial charge in [-0.25, -0.2) is 4.98 Å². The number of rotatable bonds is 8. The summed E-state index contributed by atoms with van der Waals surface area (Å²) in [5, 5.41) is 0.771. The maximum absolute atomic E-state index is 12.0. The first-order valence-corrected chi connectivity index (χ1v) is 9.05. The highest BCUT2D eigenvalue weighted by atomic mass is 32.1. The van der Waals surface area contributed by atoms with Crippen molar-refractivity contribution in [2.45, 2.75) is 27.7 Å². The number of nitrogens with zero attached hydrogens (tertiary/aromatic N) is 2. The number of anilines is 1. The Bertz CT molecular complexity index is 652. The standard InChI is InChI=1S/C17H25N3O2S/c1-5-19(6-2)10-11-20(13(4)21)17-18-15-9-8-14(22-7-3)12-16(15)23-17/h8-9,12H,5-7,10-11H2,1-4H3/p+1. The lowest BCUT2D eigenvalue weighted by Crippen LogP contribution is -3.12. The Morgan fingerprint density at radius 1 is 1.30 bits per heavy atom. The number of carbonyl (C=O) groups is 1. The Hall–Kier alpha value is -1.66. The normalized spacial score (nSPS) is 11.2. The molecule has 0 spiro atoms. The summed E-state index contributed by atoms with van der Waals surface area (Å²) in [4.78, 5) is 19.9. The first-order valence-electron chi connectivity index (χ1n) is 8.24. The number of aromatic nitrogens is 1. The Morgan fingerprint density at radius 3 is 2.65 bits per heavy atom. The second-order valence-electron chi connectivity index (χ2n) is 5.44. The highest BCUT2D eigenvalue weighted by Gasteiger charge is 2.18. The number of fused-ring (bicyclic) bond motifs is 1. The molecule has 23 heavy (non-hydrogen) atoms. The smallest absolute Gasteiger partial charge is 0.225 e. The van der Waals surface area contributed by atoms with Crippen LogP contribution in [0.5, 0.6) is 5.75 Å². The molecule has 6 heteroatoms. The fourth-order valence-electron chi connectivity index (χ4n) is 2.53. The van der Waals surface area contributed by atoms with E-state index in [0.29, 0.717) is 13.2 Å². The number of likely N-dealkylation sites (N-methyl/N-ethyl adjacent to an activating group) is 1. The summed E-state index contributed by atoms with van der Waals surface area (Å²) in [6, 6.07) is 5.87. The van der Waals surface area contributed by atoms with Crippen LogP contribution in [0.15, 0.2) is 18.2 Å². The Morgan fingerprint density at radius 2 is 2.04 bits per heavy atom. The number of quaternary nitrogens is 1. The second kappa shape index (κ2) is 8.26. The number of hydrogen-bond acceptors (Lipinski definition) is 4. The van der Waals surface area contributed by atoms with Crippen molar-refractivity contribution in [3.05, 3.63) is 18.2 Å². The quantitative estimate of drug-likeness (QED) is 0.802. The molecule has 0 saturated heterocycles. The summed E-state index contributed by atoms with van der Waals surface area (Å²) in [6.45, 7) is 12.3. The minimum Gasteiger partial charge on any atom is -0.494 e. The number of carbonyl (C=O) groups excluding carboxylic acids is 1. The van der Waals surface area contributed by atoms with Gasteiger partial charge in [-0.05, 0) is 39.0 Å². The van der Waals surface area contributed by atoms with E-state index in [9.17, 15) is 4.79 Å². The van der Waals surface area contributed by atoms with Gasteiger partial charge in [0.1, 0.15) is 5.75 Å². The van der Waals surface area contributed by atoms with Crippen molar-refractivity contribution in [1.82, 2.24) is 4.98 Å². The fraction of sp³-hybridized carbons (Fsp3) is 0.529. The third-order valence-corrected chi connectivity index (χ3v) is 5.00. The molecule has 1 amide bonds. The van der Waals surface area contributed by atoms with Crippen LogP contribution < -0.4 is 14.5 Å².